The van der Waals surface area contributed by atoms with Crippen LogP contribution < -0.4 is 10.0 Å². The summed E-state index contributed by atoms with van der Waals surface area (Å²) in [6.07, 6.45) is -3.52. The summed E-state index contributed by atoms with van der Waals surface area (Å²) in [5, 5.41) is 2.49. The monoisotopic (exact) mass is 434 g/mol. The number of hydrogen-bond acceptors (Lipinski definition) is 4. The minimum Gasteiger partial charge on any atom is -0.367 e. The van der Waals surface area contributed by atoms with E-state index in [9.17, 15) is 30.8 Å². The average Bonchev–Trinajstić information content (AvgIpc) is 2.61. The van der Waals surface area contributed by atoms with Crippen LogP contribution >= 0.6 is 0 Å². The summed E-state index contributed by atoms with van der Waals surface area (Å²) in [6, 6.07) is 8.13. The Morgan fingerprint density at radius 3 is 2.24 bits per heavy atom. The van der Waals surface area contributed by atoms with Gasteiger partial charge in [0.2, 0.25) is 15.9 Å². The molecule has 0 saturated heterocycles. The molecule has 2 N–H and O–H groups in total. The van der Waals surface area contributed by atoms with Gasteiger partial charge in [-0.2, -0.15) is 13.2 Å². The largest absolute Gasteiger partial charge is 0.416 e. The lowest BCUT2D eigenvalue weighted by Gasteiger charge is -2.10. The maximum absolute atomic E-state index is 13.9. The lowest BCUT2D eigenvalue weighted by Crippen LogP contribution is -2.27. The Hall–Kier alpha value is -2.66. The van der Waals surface area contributed by atoms with Gasteiger partial charge in [0.25, 0.3) is 0 Å². The Balaban J connectivity index is 1.78. The predicted molar refractivity (Wildman–Crippen MR) is 97.8 cm³/mol. The zero-order valence-corrected chi connectivity index (χ0v) is 16.0. The molecule has 0 atom stereocenters. The first-order valence-electron chi connectivity index (χ1n) is 8.21. The van der Waals surface area contributed by atoms with Crippen LogP contribution in [0.4, 0.5) is 23.2 Å². The summed E-state index contributed by atoms with van der Waals surface area (Å²) in [7, 11) is -3.61. The number of carbonyl (C=O) groups excluding carboxylic acids is 1. The van der Waals surface area contributed by atoms with Crippen molar-refractivity contribution in [3.8, 4) is 0 Å². The SMILES string of the molecule is CS(=O)(=O)Nc1ccc(CNC(=O)COCc2ccc(C(F)(F)F)cc2)cc1F. The Morgan fingerprint density at radius 2 is 1.69 bits per heavy atom. The molecule has 0 aliphatic heterocycles. The minimum absolute atomic E-state index is 0.0153. The number of nitrogens with one attached hydrogen (secondary N) is 2. The molecular formula is C18H18F4N2O4S. The highest BCUT2D eigenvalue weighted by Crippen LogP contribution is 2.29. The highest BCUT2D eigenvalue weighted by Gasteiger charge is 2.29. The second-order valence-corrected chi connectivity index (χ2v) is 7.90. The van der Waals surface area contributed by atoms with Crippen LogP contribution in [0.2, 0.25) is 0 Å². The molecule has 29 heavy (non-hydrogen) atoms. The third kappa shape index (κ3) is 7.70. The number of amides is 1. The summed E-state index contributed by atoms with van der Waals surface area (Å²) in [5.41, 5.74) is -0.106. The molecule has 0 heterocycles. The van der Waals surface area contributed by atoms with E-state index in [0.717, 1.165) is 24.5 Å². The highest BCUT2D eigenvalue weighted by molar-refractivity contribution is 7.92. The lowest BCUT2D eigenvalue weighted by atomic mass is 10.1. The van der Waals surface area contributed by atoms with Crippen LogP contribution in [0.15, 0.2) is 42.5 Å². The molecule has 0 radical (unpaired) electrons. The molecule has 0 unspecified atom stereocenters. The van der Waals surface area contributed by atoms with E-state index in [0.29, 0.717) is 11.1 Å². The number of benzene rings is 2. The topological polar surface area (TPSA) is 84.5 Å². The number of anilines is 1. The van der Waals surface area contributed by atoms with Crippen LogP contribution in [0, 0.1) is 5.82 Å². The summed E-state index contributed by atoms with van der Waals surface area (Å²) >= 11 is 0. The van der Waals surface area contributed by atoms with E-state index in [4.69, 9.17) is 4.74 Å². The van der Waals surface area contributed by atoms with Gasteiger partial charge in [0.1, 0.15) is 12.4 Å². The molecule has 2 rings (SSSR count). The van der Waals surface area contributed by atoms with E-state index < -0.39 is 33.5 Å². The van der Waals surface area contributed by atoms with Crippen molar-refractivity contribution in [2.24, 2.45) is 0 Å². The molecular weight excluding hydrogens is 416 g/mol. The predicted octanol–water partition coefficient (Wildman–Crippen LogP) is 3.05. The molecule has 0 fully saturated rings. The molecule has 6 nitrogen and oxygen atoms in total. The molecule has 0 aliphatic rings. The molecule has 2 aromatic carbocycles. The van der Waals surface area contributed by atoms with Gasteiger partial charge in [-0.3, -0.25) is 9.52 Å². The molecule has 0 bridgehead atoms. The Kier molecular flexibility index (Phi) is 7.20. The number of halogens is 4. The molecule has 11 heteroatoms. The van der Waals surface area contributed by atoms with E-state index in [2.05, 4.69) is 5.32 Å². The summed E-state index contributed by atoms with van der Waals surface area (Å²) in [4.78, 5) is 11.8. The highest BCUT2D eigenvalue weighted by atomic mass is 32.2. The zero-order chi connectivity index (χ0) is 21.7. The van der Waals surface area contributed by atoms with Gasteiger partial charge in [0.05, 0.1) is 24.1 Å². The van der Waals surface area contributed by atoms with Crippen molar-refractivity contribution in [3.05, 3.63) is 65.0 Å². The van der Waals surface area contributed by atoms with Crippen molar-refractivity contribution in [1.82, 2.24) is 5.32 Å². The molecule has 158 valence electrons. The fourth-order valence-corrected chi connectivity index (χ4v) is 2.82. The molecule has 0 spiro atoms. The molecule has 1 amide bonds. The number of hydrogen-bond donors (Lipinski definition) is 2. The van der Waals surface area contributed by atoms with Crippen molar-refractivity contribution < 1.29 is 35.5 Å². The summed E-state index contributed by atoms with van der Waals surface area (Å²) in [5.74, 6) is -1.30. The fraction of sp³-hybridized carbons (Fsp3) is 0.278. The fourth-order valence-electron chi connectivity index (χ4n) is 2.25. The molecule has 0 aromatic heterocycles. The molecule has 2 aromatic rings. The van der Waals surface area contributed by atoms with Crippen LogP contribution in [0.5, 0.6) is 0 Å². The van der Waals surface area contributed by atoms with Crippen LogP contribution in [-0.4, -0.2) is 27.2 Å². The quantitative estimate of drug-likeness (QED) is 0.626. The second kappa shape index (κ2) is 9.23. The summed E-state index contributed by atoms with van der Waals surface area (Å²) in [6.45, 7) is -0.401. The van der Waals surface area contributed by atoms with E-state index in [1.165, 1.54) is 24.3 Å². The Bertz CT molecular complexity index is 961. The van der Waals surface area contributed by atoms with E-state index in [1.54, 1.807) is 0 Å². The van der Waals surface area contributed by atoms with Crippen molar-refractivity contribution >= 4 is 21.6 Å². The van der Waals surface area contributed by atoms with Gasteiger partial charge in [-0.15, -0.1) is 0 Å². The van der Waals surface area contributed by atoms with Gasteiger partial charge in [0, 0.05) is 6.54 Å². The van der Waals surface area contributed by atoms with Gasteiger partial charge in [0.15, 0.2) is 0 Å². The maximum Gasteiger partial charge on any atom is 0.416 e. The Morgan fingerprint density at radius 1 is 1.07 bits per heavy atom. The van der Waals surface area contributed by atoms with Gasteiger partial charge < -0.3 is 10.1 Å². The number of ether oxygens (including phenoxy) is 1. The average molecular weight is 434 g/mol. The number of carbonyl (C=O) groups is 1. The maximum atomic E-state index is 13.9. The third-order valence-electron chi connectivity index (χ3n) is 3.60. The smallest absolute Gasteiger partial charge is 0.367 e. The first-order valence-corrected chi connectivity index (χ1v) is 10.1. The Labute approximate surface area is 164 Å². The number of rotatable bonds is 8. The van der Waals surface area contributed by atoms with Crippen LogP contribution in [0.25, 0.3) is 0 Å². The standard InChI is InChI=1S/C18H18F4N2O4S/c1-29(26,27)24-16-7-4-13(8-15(16)19)9-23-17(25)11-28-10-12-2-5-14(6-3-12)18(20,21)22/h2-8,24H,9-11H2,1H3,(H,23,25). The first kappa shape index (κ1) is 22.6. The third-order valence-corrected chi connectivity index (χ3v) is 4.19. The minimum atomic E-state index is -4.42. The second-order valence-electron chi connectivity index (χ2n) is 6.15. The van der Waals surface area contributed by atoms with E-state index in [1.807, 2.05) is 4.72 Å². The van der Waals surface area contributed by atoms with Crippen molar-refractivity contribution in [2.45, 2.75) is 19.3 Å². The van der Waals surface area contributed by atoms with E-state index >= 15 is 0 Å². The van der Waals surface area contributed by atoms with E-state index in [-0.39, 0.29) is 25.4 Å². The van der Waals surface area contributed by atoms with Crippen LogP contribution in [0.3, 0.4) is 0 Å². The molecule has 0 aliphatic carbocycles. The van der Waals surface area contributed by atoms with Gasteiger partial charge in [-0.25, -0.2) is 12.8 Å². The van der Waals surface area contributed by atoms with Crippen molar-refractivity contribution in [1.29, 1.82) is 0 Å². The first-order chi connectivity index (χ1) is 13.4. The molecule has 0 saturated carbocycles. The van der Waals surface area contributed by atoms with Crippen molar-refractivity contribution in [2.75, 3.05) is 17.6 Å². The van der Waals surface area contributed by atoms with Gasteiger partial charge in [-0.05, 0) is 35.4 Å². The number of sulfonamides is 1. The zero-order valence-electron chi connectivity index (χ0n) is 15.2. The van der Waals surface area contributed by atoms with Gasteiger partial charge in [-0.1, -0.05) is 18.2 Å². The van der Waals surface area contributed by atoms with Crippen LogP contribution in [-0.2, 0) is 38.9 Å². The van der Waals surface area contributed by atoms with Gasteiger partial charge >= 0.3 is 6.18 Å². The lowest BCUT2D eigenvalue weighted by molar-refractivity contribution is -0.137. The van der Waals surface area contributed by atoms with Crippen molar-refractivity contribution in [3.63, 3.8) is 0 Å². The number of alkyl halides is 3. The normalized spacial score (nSPS) is 11.9. The van der Waals surface area contributed by atoms with Crippen LogP contribution in [0.1, 0.15) is 16.7 Å². The summed E-state index contributed by atoms with van der Waals surface area (Å²) < 4.78 is 80.7.